The van der Waals surface area contributed by atoms with Crippen molar-refractivity contribution in [2.75, 3.05) is 6.61 Å². The molecule has 2 aromatic heterocycles. The van der Waals surface area contributed by atoms with Crippen molar-refractivity contribution in [3.05, 3.63) is 50.3 Å². The Kier molecular flexibility index (Phi) is 3.43. The zero-order valence-corrected chi connectivity index (χ0v) is 12.4. The third kappa shape index (κ3) is 2.11. The smallest absolute Gasteiger partial charge is 0.345 e. The van der Waals surface area contributed by atoms with Crippen LogP contribution in [0.5, 0.6) is 0 Å². The molecule has 21 heavy (non-hydrogen) atoms. The van der Waals surface area contributed by atoms with Gasteiger partial charge in [0.15, 0.2) is 0 Å². The molecule has 0 unspecified atom stereocenters. The molecule has 0 fully saturated rings. The number of hydrogen-bond acceptors (Lipinski definition) is 4. The Balaban J connectivity index is 2.50. The summed E-state index contributed by atoms with van der Waals surface area (Å²) >= 11 is 7.01. The van der Waals surface area contributed by atoms with Gasteiger partial charge in [-0.05, 0) is 19.1 Å². The number of benzene rings is 1. The number of halogens is 2. The minimum atomic E-state index is -0.709. The summed E-state index contributed by atoms with van der Waals surface area (Å²) in [4.78, 5) is 25.0. The van der Waals surface area contributed by atoms with Crippen LogP contribution in [0.1, 0.15) is 17.3 Å². The molecule has 0 saturated heterocycles. The van der Waals surface area contributed by atoms with E-state index in [-0.39, 0.29) is 22.6 Å². The van der Waals surface area contributed by atoms with Gasteiger partial charge in [-0.3, -0.25) is 4.79 Å². The van der Waals surface area contributed by atoms with Crippen molar-refractivity contribution >= 4 is 44.6 Å². The molecule has 108 valence electrons. The maximum atomic E-state index is 13.6. The molecular formula is C14H9ClFNO3S. The number of rotatable bonds is 2. The van der Waals surface area contributed by atoms with E-state index in [1.54, 1.807) is 22.9 Å². The van der Waals surface area contributed by atoms with E-state index in [4.69, 9.17) is 16.3 Å². The van der Waals surface area contributed by atoms with E-state index < -0.39 is 17.2 Å². The SMILES string of the molecule is CCOC(=O)c1c(=O)c2cc(F)c(Cl)cc2n2ccsc12. The number of carbonyl (C=O) groups is 1. The zero-order valence-electron chi connectivity index (χ0n) is 10.9. The van der Waals surface area contributed by atoms with Crippen LogP contribution in [0.3, 0.4) is 0 Å². The molecule has 0 saturated carbocycles. The monoisotopic (exact) mass is 325 g/mol. The van der Waals surface area contributed by atoms with Crippen molar-refractivity contribution in [1.82, 2.24) is 4.40 Å². The number of carbonyl (C=O) groups excluding carboxylic acids is 1. The van der Waals surface area contributed by atoms with Crippen molar-refractivity contribution in [2.45, 2.75) is 6.92 Å². The number of pyridine rings is 1. The summed E-state index contributed by atoms with van der Waals surface area (Å²) in [5, 5.41) is 1.75. The highest BCUT2D eigenvalue weighted by Crippen LogP contribution is 2.26. The molecule has 0 radical (unpaired) electrons. The van der Waals surface area contributed by atoms with Gasteiger partial charge >= 0.3 is 5.97 Å². The van der Waals surface area contributed by atoms with Crippen LogP contribution in [-0.4, -0.2) is 17.0 Å². The molecule has 0 aliphatic carbocycles. The first-order valence-electron chi connectivity index (χ1n) is 6.12. The maximum absolute atomic E-state index is 13.6. The predicted molar refractivity (Wildman–Crippen MR) is 80.0 cm³/mol. The topological polar surface area (TPSA) is 47.8 Å². The number of esters is 1. The number of ether oxygens (including phenoxy) is 1. The molecular weight excluding hydrogens is 317 g/mol. The molecule has 4 nitrogen and oxygen atoms in total. The van der Waals surface area contributed by atoms with Gasteiger partial charge in [-0.15, -0.1) is 11.3 Å². The standard InChI is InChI=1S/C14H9ClFNO3S/c1-2-20-14(19)11-12(18)7-5-9(16)8(15)6-10(7)17-3-4-21-13(11)17/h3-6H,2H2,1H3. The molecule has 0 atom stereocenters. The fourth-order valence-corrected chi connectivity index (χ4v) is 3.22. The highest BCUT2D eigenvalue weighted by Gasteiger charge is 2.21. The Labute approximate surface area is 127 Å². The van der Waals surface area contributed by atoms with Crippen molar-refractivity contribution in [3.8, 4) is 0 Å². The van der Waals surface area contributed by atoms with E-state index in [2.05, 4.69) is 0 Å². The Morgan fingerprint density at radius 1 is 1.48 bits per heavy atom. The van der Waals surface area contributed by atoms with Crippen molar-refractivity contribution < 1.29 is 13.9 Å². The van der Waals surface area contributed by atoms with Crippen molar-refractivity contribution in [1.29, 1.82) is 0 Å². The summed E-state index contributed by atoms with van der Waals surface area (Å²) in [5.41, 5.74) is -0.182. The Morgan fingerprint density at radius 2 is 2.24 bits per heavy atom. The summed E-state index contributed by atoms with van der Waals surface area (Å²) in [6.45, 7) is 1.81. The van der Waals surface area contributed by atoms with Gasteiger partial charge in [0.1, 0.15) is 16.2 Å². The lowest BCUT2D eigenvalue weighted by Crippen LogP contribution is -2.19. The summed E-state index contributed by atoms with van der Waals surface area (Å²) in [6.07, 6.45) is 1.69. The lowest BCUT2D eigenvalue weighted by Gasteiger charge is -2.08. The van der Waals surface area contributed by atoms with Gasteiger partial charge in [-0.2, -0.15) is 0 Å². The second-order valence-corrected chi connectivity index (χ2v) is 5.59. The molecule has 0 amide bonds. The van der Waals surface area contributed by atoms with Gasteiger partial charge < -0.3 is 9.14 Å². The molecule has 7 heteroatoms. The first-order valence-corrected chi connectivity index (χ1v) is 7.38. The normalized spacial score (nSPS) is 11.2. The second kappa shape index (κ2) is 5.13. The summed E-state index contributed by atoms with van der Waals surface area (Å²) in [5.74, 6) is -1.41. The van der Waals surface area contributed by atoms with Crippen LogP contribution in [0.25, 0.3) is 15.7 Å². The van der Waals surface area contributed by atoms with Gasteiger partial charge in [-0.25, -0.2) is 9.18 Å². The van der Waals surface area contributed by atoms with Gasteiger partial charge in [0.05, 0.1) is 22.5 Å². The average Bonchev–Trinajstić information content (AvgIpc) is 2.90. The summed E-state index contributed by atoms with van der Waals surface area (Å²) < 4.78 is 20.2. The number of hydrogen-bond donors (Lipinski definition) is 0. The molecule has 0 N–H and O–H groups in total. The first-order chi connectivity index (χ1) is 10.0. The van der Waals surface area contributed by atoms with Crippen LogP contribution in [0, 0.1) is 5.82 Å². The van der Waals surface area contributed by atoms with Crippen LogP contribution in [0.2, 0.25) is 5.02 Å². The number of thiazole rings is 1. The van der Waals surface area contributed by atoms with E-state index >= 15 is 0 Å². The van der Waals surface area contributed by atoms with Gasteiger partial charge in [0.2, 0.25) is 5.43 Å². The molecule has 0 spiro atoms. The number of fused-ring (bicyclic) bond motifs is 3. The van der Waals surface area contributed by atoms with Crippen LogP contribution in [0.4, 0.5) is 4.39 Å². The van der Waals surface area contributed by atoms with Crippen LogP contribution >= 0.6 is 22.9 Å². The third-order valence-corrected chi connectivity index (χ3v) is 4.24. The lowest BCUT2D eigenvalue weighted by molar-refractivity contribution is 0.0527. The lowest BCUT2D eigenvalue weighted by atomic mass is 10.1. The Morgan fingerprint density at radius 3 is 2.95 bits per heavy atom. The van der Waals surface area contributed by atoms with Crippen LogP contribution in [-0.2, 0) is 4.74 Å². The Bertz CT molecular complexity index is 931. The largest absolute Gasteiger partial charge is 0.462 e. The predicted octanol–water partition coefficient (Wildman–Crippen LogP) is 3.48. The molecule has 3 rings (SSSR count). The molecule has 0 bridgehead atoms. The maximum Gasteiger partial charge on any atom is 0.345 e. The number of aromatic nitrogens is 1. The van der Waals surface area contributed by atoms with Crippen molar-refractivity contribution in [2.24, 2.45) is 0 Å². The average molecular weight is 326 g/mol. The summed E-state index contributed by atoms with van der Waals surface area (Å²) in [6, 6.07) is 2.43. The van der Waals surface area contributed by atoms with E-state index in [1.165, 1.54) is 17.4 Å². The van der Waals surface area contributed by atoms with E-state index in [0.29, 0.717) is 10.3 Å². The number of nitrogens with zero attached hydrogens (tertiary/aromatic N) is 1. The molecule has 2 heterocycles. The van der Waals surface area contributed by atoms with Gasteiger partial charge in [0, 0.05) is 11.6 Å². The molecule has 3 aromatic rings. The third-order valence-electron chi connectivity index (χ3n) is 3.07. The minimum absolute atomic E-state index is 0.0780. The minimum Gasteiger partial charge on any atom is -0.462 e. The fraction of sp³-hybridized carbons (Fsp3) is 0.143. The molecule has 0 aliphatic rings. The highest BCUT2D eigenvalue weighted by molar-refractivity contribution is 7.16. The van der Waals surface area contributed by atoms with Gasteiger partial charge in [0.25, 0.3) is 0 Å². The highest BCUT2D eigenvalue weighted by atomic mass is 35.5. The van der Waals surface area contributed by atoms with Crippen molar-refractivity contribution in [3.63, 3.8) is 0 Å². The van der Waals surface area contributed by atoms with E-state index in [1.807, 2.05) is 0 Å². The van der Waals surface area contributed by atoms with Crippen LogP contribution in [0.15, 0.2) is 28.5 Å². The second-order valence-electron chi connectivity index (χ2n) is 4.29. The first kappa shape index (κ1) is 14.0. The quantitative estimate of drug-likeness (QED) is 0.678. The summed E-state index contributed by atoms with van der Waals surface area (Å²) in [7, 11) is 0. The Hall–Kier alpha value is -1.92. The zero-order chi connectivity index (χ0) is 15.1. The van der Waals surface area contributed by atoms with Crippen LogP contribution < -0.4 is 5.43 Å². The van der Waals surface area contributed by atoms with E-state index in [9.17, 15) is 14.0 Å². The van der Waals surface area contributed by atoms with Gasteiger partial charge in [-0.1, -0.05) is 11.6 Å². The molecule has 0 aliphatic heterocycles. The molecule has 1 aromatic carbocycles. The van der Waals surface area contributed by atoms with E-state index in [0.717, 1.165) is 6.07 Å². The fourth-order valence-electron chi connectivity index (χ4n) is 2.18.